The van der Waals surface area contributed by atoms with Crippen LogP contribution in [0.4, 0.5) is 87.8 Å². The largest absolute Gasteiger partial charge is 1.00 e. The van der Waals surface area contributed by atoms with Gasteiger partial charge in [-0.05, 0) is 128 Å². The van der Waals surface area contributed by atoms with E-state index in [4.69, 9.17) is 0 Å². The molecule has 84 heavy (non-hydrogen) atoms. The minimum Gasteiger partial charge on any atom is -0.278 e. The zero-order valence-corrected chi connectivity index (χ0v) is 51.6. The third kappa shape index (κ3) is 27.8. The molecule has 0 aromatic heterocycles. The van der Waals surface area contributed by atoms with Crippen LogP contribution in [0.15, 0.2) is 72.8 Å². The fourth-order valence-electron chi connectivity index (χ4n) is 5.55. The summed E-state index contributed by atoms with van der Waals surface area (Å²) in [6.45, 7) is 25.6. The first kappa shape index (κ1) is 85.8. The Labute approximate surface area is 536 Å². The Hall–Kier alpha value is -4.68. The smallest absolute Gasteiger partial charge is 0.278 e. The summed E-state index contributed by atoms with van der Waals surface area (Å²) in [5.41, 5.74) is 16.4. The number of hydrogen-bond donors (Lipinski definition) is 0. The molecule has 0 heterocycles. The van der Waals surface area contributed by atoms with Crippen LogP contribution in [0, 0.1) is 224 Å². The Kier molecular flexibility index (Phi) is 41.5. The second-order valence-corrected chi connectivity index (χ2v) is 17.1. The first-order chi connectivity index (χ1) is 36.9. The molecule has 0 N–H and O–H groups in total. The second kappa shape index (κ2) is 40.7. The Morgan fingerprint density at radius 3 is 0.393 bits per heavy atom. The van der Waals surface area contributed by atoms with Crippen LogP contribution in [0.3, 0.4) is 0 Å². The van der Waals surface area contributed by atoms with E-state index in [9.17, 15) is 87.8 Å². The molecule has 0 aliphatic rings. The Morgan fingerprint density at radius 1 is 0.179 bits per heavy atom. The van der Waals surface area contributed by atoms with Crippen molar-refractivity contribution >= 4 is 0 Å². The van der Waals surface area contributed by atoms with Gasteiger partial charge in [-0.2, -0.15) is 0 Å². The van der Waals surface area contributed by atoms with Gasteiger partial charge in [-0.15, -0.1) is 24.3 Å². The molecule has 8 aromatic carbocycles. The van der Waals surface area contributed by atoms with Crippen LogP contribution < -0.4 is 0 Å². The van der Waals surface area contributed by atoms with Crippen LogP contribution in [0.2, 0.25) is 0 Å². The van der Waals surface area contributed by atoms with Crippen molar-refractivity contribution in [2.45, 2.75) is 83.1 Å². The molecule has 0 aliphatic heterocycles. The molecule has 0 atom stereocenters. The second-order valence-electron chi connectivity index (χ2n) is 17.1. The molecule has 0 saturated heterocycles. The van der Waals surface area contributed by atoms with Crippen molar-refractivity contribution in [3.8, 4) is 0 Å². The molecule has 0 spiro atoms. The van der Waals surface area contributed by atoms with Crippen molar-refractivity contribution in [3.05, 3.63) is 280 Å². The number of benzene rings is 8. The molecule has 0 bridgehead atoms. The van der Waals surface area contributed by atoms with Gasteiger partial charge in [0.15, 0.2) is 0 Å². The first-order valence-corrected chi connectivity index (χ1v) is 22.7. The zero-order valence-electron chi connectivity index (χ0n) is 45.7. The average Bonchev–Trinajstić information content (AvgIpc) is 3.40. The number of halogens is 20. The maximum atomic E-state index is 12.0. The summed E-state index contributed by atoms with van der Waals surface area (Å²) in [5, 5.41) is 0. The maximum Gasteiger partial charge on any atom is 1.00 e. The molecule has 8 aromatic rings. The van der Waals surface area contributed by atoms with Gasteiger partial charge in [0.2, 0.25) is 0 Å². The minimum absolute atomic E-state index is 0. The van der Waals surface area contributed by atoms with Crippen molar-refractivity contribution in [1.82, 2.24) is 0 Å². The molecule has 0 amide bonds. The molecular formula is C60H48Ag4F20. The predicted octanol–water partition coefficient (Wildman–Crippen LogP) is 19.2. The van der Waals surface area contributed by atoms with Crippen LogP contribution in [-0.4, -0.2) is 0 Å². The molecule has 24 heteroatoms. The predicted molar refractivity (Wildman–Crippen MR) is 263 cm³/mol. The first-order valence-electron chi connectivity index (χ1n) is 22.7. The molecule has 8 rings (SSSR count). The summed E-state index contributed by atoms with van der Waals surface area (Å²) in [4.78, 5) is 0. The van der Waals surface area contributed by atoms with E-state index in [2.05, 4.69) is 156 Å². The van der Waals surface area contributed by atoms with E-state index >= 15 is 0 Å². The van der Waals surface area contributed by atoms with Crippen molar-refractivity contribution < 1.29 is 177 Å². The molecular weight excluding hydrogens is 1530 g/mol. The Bertz CT molecular complexity index is 2840. The fourth-order valence-corrected chi connectivity index (χ4v) is 5.55. The summed E-state index contributed by atoms with van der Waals surface area (Å²) in [5.74, 6) is -40.2. The summed E-state index contributed by atoms with van der Waals surface area (Å²) >= 11 is 0. The van der Waals surface area contributed by atoms with E-state index in [1.54, 1.807) is 0 Å². The van der Waals surface area contributed by atoms with Gasteiger partial charge in [-0.25, -0.2) is 52.7 Å². The van der Waals surface area contributed by atoms with Crippen molar-refractivity contribution in [1.29, 1.82) is 0 Å². The SMILES string of the molecule is Cc1ccc(C)c(C)c1.Cc1ccc(C)c(C)c1.Cc1ccc(C)c(C)c1.Cc1ccc(C)c(C)c1.Fc1[c-]c(F)c(F)c(F)c1F.Fc1[c-]c(F)c(F)c(F)c1F.Fc1[c-]c(F)c(F)c(F)c1F.Fc1[c-]c(F)c(F)c(F)c1F.[Ag+].[Ag+].[Ag+].[Ag+]. The molecule has 0 fully saturated rings. The summed E-state index contributed by atoms with van der Waals surface area (Å²) < 4.78 is 239. The molecule has 0 nitrogen and oxygen atoms in total. The number of rotatable bonds is 0. The molecule has 472 valence electrons. The van der Waals surface area contributed by atoms with Gasteiger partial charge < -0.3 is 0 Å². The van der Waals surface area contributed by atoms with Gasteiger partial charge in [-0.3, -0.25) is 35.1 Å². The normalized spacial score (nSPS) is 9.52. The van der Waals surface area contributed by atoms with Gasteiger partial charge in [0.1, 0.15) is 0 Å². The quantitative estimate of drug-likeness (QED) is 0.0467. The summed E-state index contributed by atoms with van der Waals surface area (Å²) in [6, 6.07) is 30.1. The van der Waals surface area contributed by atoms with E-state index in [1.165, 1.54) is 66.8 Å². The van der Waals surface area contributed by atoms with Crippen LogP contribution in [0.1, 0.15) is 66.8 Å². The van der Waals surface area contributed by atoms with Crippen LogP contribution in [-0.2, 0) is 89.5 Å². The minimum atomic E-state index is -2.17. The summed E-state index contributed by atoms with van der Waals surface area (Å²) in [6.07, 6.45) is 0. The van der Waals surface area contributed by atoms with Gasteiger partial charge in [0.25, 0.3) is 0 Å². The van der Waals surface area contributed by atoms with E-state index in [1.807, 2.05) is 0 Å². The van der Waals surface area contributed by atoms with E-state index in [-0.39, 0.29) is 89.5 Å². The Balaban J connectivity index is -0.000000433. The zero-order chi connectivity index (χ0) is 61.8. The van der Waals surface area contributed by atoms with E-state index in [0.29, 0.717) is 0 Å². The van der Waals surface area contributed by atoms with Crippen molar-refractivity contribution in [2.24, 2.45) is 0 Å². The van der Waals surface area contributed by atoms with Crippen LogP contribution >= 0.6 is 0 Å². The average molecular weight is 1580 g/mol. The molecule has 0 unspecified atom stereocenters. The third-order valence-corrected chi connectivity index (χ3v) is 10.6. The molecule has 0 aliphatic carbocycles. The van der Waals surface area contributed by atoms with Crippen molar-refractivity contribution in [3.63, 3.8) is 0 Å². The van der Waals surface area contributed by atoms with Crippen molar-refractivity contribution in [2.75, 3.05) is 0 Å². The Morgan fingerprint density at radius 2 is 0.298 bits per heavy atom. The van der Waals surface area contributed by atoms with E-state index in [0.717, 1.165) is 24.3 Å². The monoisotopic (exact) mass is 1580 g/mol. The fraction of sp³-hybridized carbons (Fsp3) is 0.200. The topological polar surface area (TPSA) is 0 Å². The van der Waals surface area contributed by atoms with Crippen LogP contribution in [0.25, 0.3) is 0 Å². The van der Waals surface area contributed by atoms with E-state index < -0.39 is 116 Å². The van der Waals surface area contributed by atoms with Gasteiger partial charge >= 0.3 is 89.5 Å². The van der Waals surface area contributed by atoms with Gasteiger partial charge in [0, 0.05) is 0 Å². The standard InChI is InChI=1S/4C9H12.4C6F5.4Ag/c4*1-7-4-5-8(2)9(3)6-7;4*7-2-1-3(8)5(10)6(11)4(2)9;;;;/h4*4-6H,1-3H3;;;;;;;;/q;;;;4*-1;4*+1. The number of hydrogen-bond acceptors (Lipinski definition) is 0. The van der Waals surface area contributed by atoms with Gasteiger partial charge in [0.05, 0.1) is 116 Å². The van der Waals surface area contributed by atoms with Gasteiger partial charge in [-0.1, -0.05) is 95.1 Å². The molecule has 0 radical (unpaired) electrons. The maximum absolute atomic E-state index is 12.0. The summed E-state index contributed by atoms with van der Waals surface area (Å²) in [7, 11) is 0. The molecule has 0 saturated carbocycles. The third-order valence-electron chi connectivity index (χ3n) is 10.6. The van der Waals surface area contributed by atoms with Crippen LogP contribution in [0.5, 0.6) is 0 Å². The number of aryl methyl sites for hydroxylation is 12.